The Labute approximate surface area is 111 Å². The zero-order valence-electron chi connectivity index (χ0n) is 12.0. The number of rotatable bonds is 4. The fourth-order valence-electron chi connectivity index (χ4n) is 2.99. The van der Waals surface area contributed by atoms with Crippen molar-refractivity contribution in [3.8, 4) is 0 Å². The van der Waals surface area contributed by atoms with Gasteiger partial charge in [0.25, 0.3) is 0 Å². The third-order valence-corrected chi connectivity index (χ3v) is 4.56. The molecule has 2 unspecified atom stereocenters. The van der Waals surface area contributed by atoms with Crippen molar-refractivity contribution in [3.05, 3.63) is 35.4 Å². The van der Waals surface area contributed by atoms with E-state index in [1.54, 1.807) is 0 Å². The van der Waals surface area contributed by atoms with Gasteiger partial charge in [0, 0.05) is 17.8 Å². The van der Waals surface area contributed by atoms with Crippen LogP contribution in [0.15, 0.2) is 24.3 Å². The van der Waals surface area contributed by atoms with Gasteiger partial charge < -0.3 is 0 Å². The van der Waals surface area contributed by atoms with Crippen LogP contribution in [0.3, 0.4) is 0 Å². The second-order valence-corrected chi connectivity index (χ2v) is 6.29. The molecule has 0 saturated heterocycles. The van der Waals surface area contributed by atoms with E-state index in [-0.39, 0.29) is 5.41 Å². The molecule has 18 heavy (non-hydrogen) atoms. The number of benzene rings is 1. The van der Waals surface area contributed by atoms with Gasteiger partial charge in [0.1, 0.15) is 5.78 Å². The number of Topliss-reactive ketones (excluding diaryl/α,β-unsaturated/α-hetero) is 1. The Kier molecular flexibility index (Phi) is 3.61. The zero-order valence-corrected chi connectivity index (χ0v) is 12.0. The van der Waals surface area contributed by atoms with Crippen molar-refractivity contribution in [1.82, 2.24) is 0 Å². The lowest BCUT2D eigenvalue weighted by molar-refractivity contribution is -0.139. The van der Waals surface area contributed by atoms with Gasteiger partial charge in [-0.15, -0.1) is 0 Å². The molecule has 1 aliphatic rings. The van der Waals surface area contributed by atoms with Crippen LogP contribution in [0.5, 0.6) is 0 Å². The van der Waals surface area contributed by atoms with Crippen LogP contribution in [0.1, 0.15) is 57.6 Å². The Morgan fingerprint density at radius 1 is 1.28 bits per heavy atom. The first-order chi connectivity index (χ1) is 8.47. The van der Waals surface area contributed by atoms with Gasteiger partial charge in [0.15, 0.2) is 0 Å². The van der Waals surface area contributed by atoms with Crippen LogP contribution >= 0.6 is 0 Å². The van der Waals surface area contributed by atoms with Crippen LogP contribution in [-0.4, -0.2) is 5.78 Å². The van der Waals surface area contributed by atoms with Crippen molar-refractivity contribution < 1.29 is 4.79 Å². The molecule has 1 aliphatic carbocycles. The molecular formula is C17H24O. The van der Waals surface area contributed by atoms with E-state index in [0.29, 0.717) is 17.6 Å². The molecule has 0 radical (unpaired) electrons. The molecule has 2 atom stereocenters. The third kappa shape index (κ3) is 2.23. The molecule has 0 aromatic heterocycles. The molecule has 1 aromatic rings. The second-order valence-electron chi connectivity index (χ2n) is 6.29. The highest BCUT2D eigenvalue weighted by Gasteiger charge is 2.49. The van der Waals surface area contributed by atoms with E-state index in [1.807, 2.05) is 0 Å². The summed E-state index contributed by atoms with van der Waals surface area (Å²) in [5.41, 5.74) is 2.63. The molecule has 0 N–H and O–H groups in total. The monoisotopic (exact) mass is 244 g/mol. The van der Waals surface area contributed by atoms with E-state index in [9.17, 15) is 4.79 Å². The van der Waals surface area contributed by atoms with Gasteiger partial charge >= 0.3 is 0 Å². The normalized spacial score (nSPS) is 27.4. The molecule has 1 nitrogen and oxygen atoms in total. The average molecular weight is 244 g/mol. The lowest BCUT2D eigenvalue weighted by Crippen LogP contribution is -2.45. The van der Waals surface area contributed by atoms with Crippen LogP contribution < -0.4 is 0 Å². The summed E-state index contributed by atoms with van der Waals surface area (Å²) in [5.74, 6) is 1.56. The Hall–Kier alpha value is -1.11. The van der Waals surface area contributed by atoms with Crippen LogP contribution in [-0.2, 0) is 11.2 Å². The number of hydrogen-bond acceptors (Lipinski definition) is 1. The molecular weight excluding hydrogens is 220 g/mol. The lowest BCUT2D eigenvalue weighted by Gasteiger charge is -2.45. The molecule has 1 saturated carbocycles. The van der Waals surface area contributed by atoms with Gasteiger partial charge in [-0.05, 0) is 29.9 Å². The molecule has 1 fully saturated rings. The highest BCUT2D eigenvalue weighted by atomic mass is 16.1. The molecule has 0 amide bonds. The van der Waals surface area contributed by atoms with Crippen molar-refractivity contribution in [2.24, 2.45) is 11.3 Å². The fraction of sp³-hybridized carbons (Fsp3) is 0.588. The van der Waals surface area contributed by atoms with Gasteiger partial charge in [-0.1, -0.05) is 52.0 Å². The predicted molar refractivity (Wildman–Crippen MR) is 75.7 cm³/mol. The van der Waals surface area contributed by atoms with Crippen LogP contribution in [0.4, 0.5) is 0 Å². The summed E-state index contributed by atoms with van der Waals surface area (Å²) >= 11 is 0. The molecule has 0 bridgehead atoms. The van der Waals surface area contributed by atoms with Gasteiger partial charge in [0.05, 0.1) is 0 Å². The number of carbonyl (C=O) groups excluding carboxylic acids is 1. The van der Waals surface area contributed by atoms with E-state index >= 15 is 0 Å². The Morgan fingerprint density at radius 3 is 2.33 bits per heavy atom. The van der Waals surface area contributed by atoms with Crippen molar-refractivity contribution in [3.63, 3.8) is 0 Å². The molecule has 2 rings (SSSR count). The molecule has 98 valence electrons. The number of carbonyl (C=O) groups is 1. The summed E-state index contributed by atoms with van der Waals surface area (Å²) in [4.78, 5) is 11.8. The van der Waals surface area contributed by atoms with Crippen molar-refractivity contribution >= 4 is 5.78 Å². The first-order valence-corrected chi connectivity index (χ1v) is 7.09. The van der Waals surface area contributed by atoms with E-state index < -0.39 is 0 Å². The van der Waals surface area contributed by atoms with E-state index in [0.717, 1.165) is 19.3 Å². The van der Waals surface area contributed by atoms with Gasteiger partial charge in [0.2, 0.25) is 0 Å². The Morgan fingerprint density at radius 2 is 1.89 bits per heavy atom. The van der Waals surface area contributed by atoms with Gasteiger partial charge in [-0.3, -0.25) is 4.79 Å². The summed E-state index contributed by atoms with van der Waals surface area (Å²) in [6, 6.07) is 8.91. The van der Waals surface area contributed by atoms with E-state index in [4.69, 9.17) is 0 Å². The standard InChI is InChI=1S/C17H24O/c1-5-17(4)15(11-16(17)18)14-8-6-13(7-9-14)10-12(2)3/h6-9,12,15H,5,10-11H2,1-4H3. The summed E-state index contributed by atoms with van der Waals surface area (Å²) in [6.07, 6.45) is 2.81. The van der Waals surface area contributed by atoms with Crippen molar-refractivity contribution in [1.29, 1.82) is 0 Å². The van der Waals surface area contributed by atoms with Gasteiger partial charge in [-0.25, -0.2) is 0 Å². The van der Waals surface area contributed by atoms with Crippen LogP contribution in [0, 0.1) is 11.3 Å². The third-order valence-electron chi connectivity index (χ3n) is 4.56. The van der Waals surface area contributed by atoms with Gasteiger partial charge in [-0.2, -0.15) is 0 Å². The topological polar surface area (TPSA) is 17.1 Å². The SMILES string of the molecule is CCC1(C)C(=O)CC1c1ccc(CC(C)C)cc1. The van der Waals surface area contributed by atoms with Crippen LogP contribution in [0.2, 0.25) is 0 Å². The summed E-state index contributed by atoms with van der Waals surface area (Å²) < 4.78 is 0. The molecule has 0 aliphatic heterocycles. The van der Waals surface area contributed by atoms with E-state index in [2.05, 4.69) is 52.0 Å². The fourth-order valence-corrected chi connectivity index (χ4v) is 2.99. The smallest absolute Gasteiger partial charge is 0.140 e. The minimum absolute atomic E-state index is 0.112. The minimum Gasteiger partial charge on any atom is -0.299 e. The quantitative estimate of drug-likeness (QED) is 0.769. The maximum absolute atomic E-state index is 11.8. The van der Waals surface area contributed by atoms with Crippen molar-refractivity contribution in [2.75, 3.05) is 0 Å². The Bertz CT molecular complexity index is 429. The minimum atomic E-state index is -0.112. The highest BCUT2D eigenvalue weighted by molar-refractivity contribution is 5.93. The first-order valence-electron chi connectivity index (χ1n) is 7.09. The number of hydrogen-bond donors (Lipinski definition) is 0. The average Bonchev–Trinajstić information content (AvgIpc) is 2.35. The molecule has 1 aromatic carbocycles. The second kappa shape index (κ2) is 4.87. The maximum Gasteiger partial charge on any atom is 0.140 e. The molecule has 0 spiro atoms. The Balaban J connectivity index is 2.13. The maximum atomic E-state index is 11.8. The van der Waals surface area contributed by atoms with Crippen molar-refractivity contribution in [2.45, 2.75) is 52.9 Å². The first kappa shape index (κ1) is 13.3. The molecule has 1 heteroatoms. The highest BCUT2D eigenvalue weighted by Crippen LogP contribution is 2.51. The lowest BCUT2D eigenvalue weighted by atomic mass is 9.56. The zero-order chi connectivity index (χ0) is 13.3. The predicted octanol–water partition coefficient (Wildman–Crippen LogP) is 4.36. The number of ketones is 1. The summed E-state index contributed by atoms with van der Waals surface area (Å²) in [6.45, 7) is 8.72. The van der Waals surface area contributed by atoms with Crippen LogP contribution in [0.25, 0.3) is 0 Å². The summed E-state index contributed by atoms with van der Waals surface area (Å²) in [5, 5.41) is 0. The molecule has 0 heterocycles. The largest absolute Gasteiger partial charge is 0.299 e. The van der Waals surface area contributed by atoms with E-state index in [1.165, 1.54) is 11.1 Å². The summed E-state index contributed by atoms with van der Waals surface area (Å²) in [7, 11) is 0.